The Morgan fingerprint density at radius 1 is 1.25 bits per heavy atom. The summed E-state index contributed by atoms with van der Waals surface area (Å²) in [6.07, 6.45) is 5.19. The van der Waals surface area contributed by atoms with Crippen molar-refractivity contribution in [2.24, 2.45) is 0 Å². The molecule has 1 aromatic heterocycles. The van der Waals surface area contributed by atoms with Crippen molar-refractivity contribution in [3.05, 3.63) is 24.5 Å². The van der Waals surface area contributed by atoms with E-state index >= 15 is 0 Å². The SMILES string of the molecule is CN(C)CCCNn1cccc1. The topological polar surface area (TPSA) is 20.2 Å². The molecule has 1 rings (SSSR count). The van der Waals surface area contributed by atoms with Crippen molar-refractivity contribution in [3.63, 3.8) is 0 Å². The summed E-state index contributed by atoms with van der Waals surface area (Å²) in [5.41, 5.74) is 3.27. The summed E-state index contributed by atoms with van der Waals surface area (Å²) in [7, 11) is 4.19. The van der Waals surface area contributed by atoms with Crippen LogP contribution in [-0.4, -0.2) is 36.8 Å². The molecule has 0 bridgehead atoms. The lowest BCUT2D eigenvalue weighted by Gasteiger charge is -2.10. The molecule has 0 unspecified atom stereocenters. The zero-order chi connectivity index (χ0) is 8.81. The lowest BCUT2D eigenvalue weighted by Crippen LogP contribution is -2.20. The van der Waals surface area contributed by atoms with E-state index in [0.717, 1.165) is 13.1 Å². The number of hydrogen-bond donors (Lipinski definition) is 1. The van der Waals surface area contributed by atoms with Crippen LogP contribution in [0.5, 0.6) is 0 Å². The van der Waals surface area contributed by atoms with Gasteiger partial charge < -0.3 is 10.3 Å². The van der Waals surface area contributed by atoms with Gasteiger partial charge in [0, 0.05) is 18.9 Å². The molecule has 1 N–H and O–H groups in total. The van der Waals surface area contributed by atoms with Crippen molar-refractivity contribution in [2.45, 2.75) is 6.42 Å². The van der Waals surface area contributed by atoms with Crippen LogP contribution in [0.15, 0.2) is 24.5 Å². The Bertz CT molecular complexity index is 192. The molecule has 3 heteroatoms. The van der Waals surface area contributed by atoms with Gasteiger partial charge in [-0.05, 0) is 39.2 Å². The van der Waals surface area contributed by atoms with Crippen LogP contribution in [0.25, 0.3) is 0 Å². The van der Waals surface area contributed by atoms with Gasteiger partial charge in [-0.1, -0.05) is 0 Å². The quantitative estimate of drug-likeness (QED) is 0.660. The largest absolute Gasteiger partial charge is 0.326 e. The summed E-state index contributed by atoms with van der Waals surface area (Å²) in [6.45, 7) is 2.15. The van der Waals surface area contributed by atoms with E-state index in [1.807, 2.05) is 29.2 Å². The van der Waals surface area contributed by atoms with Crippen molar-refractivity contribution in [2.75, 3.05) is 32.6 Å². The minimum absolute atomic E-state index is 1.02. The van der Waals surface area contributed by atoms with Gasteiger partial charge in [0.15, 0.2) is 0 Å². The average molecular weight is 167 g/mol. The minimum atomic E-state index is 1.02. The van der Waals surface area contributed by atoms with Crippen LogP contribution in [0.4, 0.5) is 0 Å². The van der Waals surface area contributed by atoms with Crippen molar-refractivity contribution in [1.29, 1.82) is 0 Å². The van der Waals surface area contributed by atoms with Crippen molar-refractivity contribution in [1.82, 2.24) is 9.58 Å². The van der Waals surface area contributed by atoms with Gasteiger partial charge >= 0.3 is 0 Å². The number of aromatic nitrogens is 1. The molecule has 0 saturated heterocycles. The van der Waals surface area contributed by atoms with E-state index in [0.29, 0.717) is 0 Å². The first kappa shape index (κ1) is 9.13. The van der Waals surface area contributed by atoms with Crippen molar-refractivity contribution in [3.8, 4) is 0 Å². The predicted octanol–water partition coefficient (Wildman–Crippen LogP) is 0.983. The second kappa shape index (κ2) is 4.83. The molecule has 0 saturated carbocycles. The third-order valence-corrected chi connectivity index (χ3v) is 1.68. The molecule has 0 aliphatic rings. The molecule has 1 aromatic rings. The molecule has 1 heterocycles. The molecular formula is C9H17N3. The lowest BCUT2D eigenvalue weighted by molar-refractivity contribution is 0.403. The summed E-state index contributed by atoms with van der Waals surface area (Å²) < 4.78 is 1.98. The van der Waals surface area contributed by atoms with Gasteiger partial charge in [0.25, 0.3) is 0 Å². The van der Waals surface area contributed by atoms with Crippen LogP contribution in [0.2, 0.25) is 0 Å². The molecule has 0 atom stereocenters. The van der Waals surface area contributed by atoms with Crippen molar-refractivity contribution >= 4 is 0 Å². The van der Waals surface area contributed by atoms with E-state index in [1.165, 1.54) is 6.42 Å². The maximum absolute atomic E-state index is 3.27. The van der Waals surface area contributed by atoms with Gasteiger partial charge in [0.2, 0.25) is 0 Å². The van der Waals surface area contributed by atoms with Gasteiger partial charge in [0.1, 0.15) is 0 Å². The van der Waals surface area contributed by atoms with Gasteiger partial charge in [0.05, 0.1) is 0 Å². The zero-order valence-corrected chi connectivity index (χ0v) is 7.83. The highest BCUT2D eigenvalue weighted by Gasteiger charge is 1.89. The first-order chi connectivity index (χ1) is 5.79. The summed E-state index contributed by atoms with van der Waals surface area (Å²) in [5.74, 6) is 0. The van der Waals surface area contributed by atoms with E-state index in [-0.39, 0.29) is 0 Å². The van der Waals surface area contributed by atoms with Crippen LogP contribution in [0.1, 0.15) is 6.42 Å². The molecule has 0 fully saturated rings. The van der Waals surface area contributed by atoms with Crippen LogP contribution < -0.4 is 5.43 Å². The third kappa shape index (κ3) is 3.44. The van der Waals surface area contributed by atoms with Crippen LogP contribution in [-0.2, 0) is 0 Å². The Hall–Kier alpha value is -0.960. The number of nitrogens with zero attached hydrogens (tertiary/aromatic N) is 2. The highest BCUT2D eigenvalue weighted by molar-refractivity contribution is 4.92. The molecule has 0 amide bonds. The van der Waals surface area contributed by atoms with E-state index < -0.39 is 0 Å². The summed E-state index contributed by atoms with van der Waals surface area (Å²) in [4.78, 5) is 2.19. The maximum atomic E-state index is 3.27. The molecule has 0 radical (unpaired) electrons. The zero-order valence-electron chi connectivity index (χ0n) is 7.83. The first-order valence-electron chi connectivity index (χ1n) is 4.30. The highest BCUT2D eigenvalue weighted by Crippen LogP contribution is 1.86. The maximum Gasteiger partial charge on any atom is 0.0325 e. The van der Waals surface area contributed by atoms with Crippen molar-refractivity contribution < 1.29 is 0 Å². The van der Waals surface area contributed by atoms with E-state index in [1.54, 1.807) is 0 Å². The molecule has 68 valence electrons. The Labute approximate surface area is 74.0 Å². The molecule has 0 aliphatic heterocycles. The van der Waals surface area contributed by atoms with Gasteiger partial charge in [-0.3, -0.25) is 4.68 Å². The number of hydrogen-bond acceptors (Lipinski definition) is 2. The van der Waals surface area contributed by atoms with Gasteiger partial charge in [-0.2, -0.15) is 0 Å². The summed E-state index contributed by atoms with van der Waals surface area (Å²) in [5, 5.41) is 0. The predicted molar refractivity (Wildman–Crippen MR) is 51.8 cm³/mol. The molecule has 0 aromatic carbocycles. The van der Waals surface area contributed by atoms with E-state index in [2.05, 4.69) is 24.4 Å². The molecular weight excluding hydrogens is 150 g/mol. The fourth-order valence-corrected chi connectivity index (χ4v) is 1.04. The molecule has 3 nitrogen and oxygen atoms in total. The second-order valence-corrected chi connectivity index (χ2v) is 3.16. The molecule has 0 spiro atoms. The van der Waals surface area contributed by atoms with E-state index in [9.17, 15) is 0 Å². The second-order valence-electron chi connectivity index (χ2n) is 3.16. The Balaban J connectivity index is 2.04. The fraction of sp³-hybridized carbons (Fsp3) is 0.556. The minimum Gasteiger partial charge on any atom is -0.326 e. The first-order valence-corrected chi connectivity index (χ1v) is 4.30. The molecule has 0 aliphatic carbocycles. The van der Waals surface area contributed by atoms with Crippen LogP contribution in [0.3, 0.4) is 0 Å². The summed E-state index contributed by atoms with van der Waals surface area (Å²) >= 11 is 0. The molecule has 12 heavy (non-hydrogen) atoms. The Morgan fingerprint density at radius 3 is 2.50 bits per heavy atom. The van der Waals surface area contributed by atoms with Crippen LogP contribution in [0, 0.1) is 0 Å². The average Bonchev–Trinajstić information content (AvgIpc) is 2.49. The van der Waals surface area contributed by atoms with Crippen LogP contribution >= 0.6 is 0 Å². The Morgan fingerprint density at radius 2 is 1.92 bits per heavy atom. The summed E-state index contributed by atoms with van der Waals surface area (Å²) in [6, 6.07) is 4.03. The third-order valence-electron chi connectivity index (χ3n) is 1.68. The fourth-order valence-electron chi connectivity index (χ4n) is 1.04. The van der Waals surface area contributed by atoms with Gasteiger partial charge in [-0.15, -0.1) is 0 Å². The number of rotatable bonds is 5. The number of nitrogens with one attached hydrogen (secondary N) is 1. The monoisotopic (exact) mass is 167 g/mol. The standard InChI is InChI=1S/C9H17N3/c1-11(2)7-5-6-10-12-8-3-4-9-12/h3-4,8-10H,5-7H2,1-2H3. The normalized spacial score (nSPS) is 10.6. The van der Waals surface area contributed by atoms with Gasteiger partial charge in [-0.25, -0.2) is 0 Å². The smallest absolute Gasteiger partial charge is 0.0325 e. The lowest BCUT2D eigenvalue weighted by atomic mass is 10.4. The highest BCUT2D eigenvalue weighted by atomic mass is 15.4. The van der Waals surface area contributed by atoms with E-state index in [4.69, 9.17) is 0 Å². The Kier molecular flexibility index (Phi) is 3.67.